The summed E-state index contributed by atoms with van der Waals surface area (Å²) < 4.78 is 0. The molecule has 2 unspecified atom stereocenters. The zero-order valence-corrected chi connectivity index (χ0v) is 11.0. The third-order valence-electron chi connectivity index (χ3n) is 2.55. The van der Waals surface area contributed by atoms with Gasteiger partial charge in [-0.25, -0.2) is 9.59 Å². The number of carbonyl (C=O) groups excluding carboxylic acids is 1. The van der Waals surface area contributed by atoms with Crippen molar-refractivity contribution in [1.82, 2.24) is 10.6 Å². The lowest BCUT2D eigenvalue weighted by molar-refractivity contribution is -0.139. The van der Waals surface area contributed by atoms with Gasteiger partial charge in [-0.15, -0.1) is 0 Å². The quantitative estimate of drug-likeness (QED) is 0.612. The number of amides is 2. The van der Waals surface area contributed by atoms with Gasteiger partial charge in [-0.05, 0) is 19.8 Å². The van der Waals surface area contributed by atoms with E-state index in [2.05, 4.69) is 17.6 Å². The van der Waals surface area contributed by atoms with Gasteiger partial charge in [0.2, 0.25) is 0 Å². The number of carboxylic acids is 1. The minimum atomic E-state index is -0.983. The summed E-state index contributed by atoms with van der Waals surface area (Å²) in [4.78, 5) is 22.4. The van der Waals surface area contributed by atoms with Gasteiger partial charge in [-0.1, -0.05) is 33.1 Å². The van der Waals surface area contributed by atoms with E-state index in [0.717, 1.165) is 25.7 Å². The zero-order valence-electron chi connectivity index (χ0n) is 11.0. The van der Waals surface area contributed by atoms with Crippen LogP contribution >= 0.6 is 0 Å². The molecule has 0 aliphatic carbocycles. The van der Waals surface area contributed by atoms with Crippen molar-refractivity contribution in [1.29, 1.82) is 0 Å². The van der Waals surface area contributed by atoms with Crippen molar-refractivity contribution < 1.29 is 14.7 Å². The number of hydrogen-bond donors (Lipinski definition) is 3. The number of rotatable bonds is 8. The third kappa shape index (κ3) is 7.60. The Balaban J connectivity index is 4.00. The molecule has 0 aromatic rings. The highest BCUT2D eigenvalue weighted by Crippen LogP contribution is 2.00. The first-order valence-electron chi connectivity index (χ1n) is 6.31. The summed E-state index contributed by atoms with van der Waals surface area (Å²) in [6, 6.07) is -1.11. The van der Waals surface area contributed by atoms with E-state index in [1.54, 1.807) is 0 Å². The van der Waals surface area contributed by atoms with Crippen LogP contribution in [0.1, 0.15) is 52.9 Å². The minimum absolute atomic E-state index is 0.0750. The van der Waals surface area contributed by atoms with Crippen LogP contribution in [-0.4, -0.2) is 29.2 Å². The van der Waals surface area contributed by atoms with E-state index in [9.17, 15) is 9.59 Å². The van der Waals surface area contributed by atoms with Crippen molar-refractivity contribution in [2.24, 2.45) is 0 Å². The number of unbranched alkanes of at least 4 members (excludes halogenated alkanes) is 1. The highest BCUT2D eigenvalue weighted by Gasteiger charge is 2.19. The van der Waals surface area contributed by atoms with Crippen molar-refractivity contribution in [3.05, 3.63) is 0 Å². The maximum absolute atomic E-state index is 11.5. The van der Waals surface area contributed by atoms with Crippen LogP contribution in [0.15, 0.2) is 0 Å². The Morgan fingerprint density at radius 3 is 2.24 bits per heavy atom. The Bertz CT molecular complexity index is 244. The van der Waals surface area contributed by atoms with Crippen LogP contribution in [0.4, 0.5) is 4.79 Å². The lowest BCUT2D eigenvalue weighted by Gasteiger charge is -2.17. The molecule has 0 aromatic heterocycles. The van der Waals surface area contributed by atoms with Crippen molar-refractivity contribution in [3.8, 4) is 0 Å². The number of carbonyl (C=O) groups is 2. The van der Waals surface area contributed by atoms with E-state index in [-0.39, 0.29) is 6.04 Å². The molecule has 0 fully saturated rings. The molecule has 2 atom stereocenters. The van der Waals surface area contributed by atoms with E-state index >= 15 is 0 Å². The van der Waals surface area contributed by atoms with Crippen LogP contribution < -0.4 is 10.6 Å². The van der Waals surface area contributed by atoms with Crippen LogP contribution in [0.25, 0.3) is 0 Å². The van der Waals surface area contributed by atoms with Crippen LogP contribution in [0, 0.1) is 0 Å². The van der Waals surface area contributed by atoms with Gasteiger partial charge in [-0.2, -0.15) is 0 Å². The Hall–Kier alpha value is -1.26. The monoisotopic (exact) mass is 244 g/mol. The average molecular weight is 244 g/mol. The SMILES string of the molecule is CCCCC(C)NC(=O)NC(CCC)C(=O)O. The molecule has 0 aliphatic rings. The maximum Gasteiger partial charge on any atom is 0.326 e. The summed E-state index contributed by atoms with van der Waals surface area (Å²) in [5.41, 5.74) is 0. The topological polar surface area (TPSA) is 78.4 Å². The molecule has 100 valence electrons. The second-order valence-corrected chi connectivity index (χ2v) is 4.34. The van der Waals surface area contributed by atoms with Crippen LogP contribution in [0.3, 0.4) is 0 Å². The molecule has 5 nitrogen and oxygen atoms in total. The lowest BCUT2D eigenvalue weighted by Crippen LogP contribution is -2.48. The fraction of sp³-hybridized carbons (Fsp3) is 0.833. The number of urea groups is 1. The lowest BCUT2D eigenvalue weighted by atomic mass is 10.1. The fourth-order valence-electron chi connectivity index (χ4n) is 1.55. The van der Waals surface area contributed by atoms with Gasteiger partial charge in [0.15, 0.2) is 0 Å². The molecular weight excluding hydrogens is 220 g/mol. The van der Waals surface area contributed by atoms with Crippen LogP contribution in [-0.2, 0) is 4.79 Å². The average Bonchev–Trinajstić information content (AvgIpc) is 2.25. The van der Waals surface area contributed by atoms with Gasteiger partial charge in [0, 0.05) is 6.04 Å². The molecule has 0 aromatic carbocycles. The van der Waals surface area contributed by atoms with Crippen LogP contribution in [0.2, 0.25) is 0 Å². The number of nitrogens with one attached hydrogen (secondary N) is 2. The molecule has 0 rings (SSSR count). The Labute approximate surface area is 103 Å². The molecule has 0 saturated carbocycles. The van der Waals surface area contributed by atoms with Gasteiger partial charge in [0.25, 0.3) is 0 Å². The molecule has 0 heterocycles. The fourth-order valence-corrected chi connectivity index (χ4v) is 1.55. The van der Waals surface area contributed by atoms with Gasteiger partial charge in [-0.3, -0.25) is 0 Å². The summed E-state index contributed by atoms with van der Waals surface area (Å²) in [7, 11) is 0. The standard InChI is InChI=1S/C12H24N2O3/c1-4-6-8-9(3)13-12(17)14-10(7-5-2)11(15)16/h9-10H,4-8H2,1-3H3,(H,15,16)(H2,13,14,17). The van der Waals surface area contributed by atoms with E-state index < -0.39 is 18.0 Å². The summed E-state index contributed by atoms with van der Waals surface area (Å²) in [6.45, 7) is 5.90. The Morgan fingerprint density at radius 1 is 1.12 bits per heavy atom. The zero-order chi connectivity index (χ0) is 13.3. The van der Waals surface area contributed by atoms with Gasteiger partial charge < -0.3 is 15.7 Å². The number of hydrogen-bond acceptors (Lipinski definition) is 2. The van der Waals surface area contributed by atoms with E-state index in [1.165, 1.54) is 0 Å². The minimum Gasteiger partial charge on any atom is -0.480 e. The third-order valence-corrected chi connectivity index (χ3v) is 2.55. The summed E-state index contributed by atoms with van der Waals surface area (Å²) in [6.07, 6.45) is 4.23. The Morgan fingerprint density at radius 2 is 1.76 bits per heavy atom. The van der Waals surface area contributed by atoms with Crippen molar-refractivity contribution in [2.75, 3.05) is 0 Å². The van der Waals surface area contributed by atoms with E-state index in [0.29, 0.717) is 6.42 Å². The summed E-state index contributed by atoms with van der Waals surface area (Å²) in [5.74, 6) is -0.983. The highest BCUT2D eigenvalue weighted by atomic mass is 16.4. The van der Waals surface area contributed by atoms with Crippen molar-refractivity contribution >= 4 is 12.0 Å². The summed E-state index contributed by atoms with van der Waals surface area (Å²) >= 11 is 0. The van der Waals surface area contributed by atoms with E-state index in [1.807, 2.05) is 13.8 Å². The predicted molar refractivity (Wildman–Crippen MR) is 67.0 cm³/mol. The molecule has 0 spiro atoms. The normalized spacial score (nSPS) is 13.8. The van der Waals surface area contributed by atoms with Gasteiger partial charge in [0.05, 0.1) is 0 Å². The van der Waals surface area contributed by atoms with Gasteiger partial charge in [0.1, 0.15) is 6.04 Å². The van der Waals surface area contributed by atoms with Gasteiger partial charge >= 0.3 is 12.0 Å². The second-order valence-electron chi connectivity index (χ2n) is 4.34. The molecule has 17 heavy (non-hydrogen) atoms. The smallest absolute Gasteiger partial charge is 0.326 e. The number of carboxylic acid groups (broad SMARTS) is 1. The largest absolute Gasteiger partial charge is 0.480 e. The molecular formula is C12H24N2O3. The van der Waals surface area contributed by atoms with Crippen molar-refractivity contribution in [2.45, 2.75) is 65.0 Å². The molecule has 5 heteroatoms. The maximum atomic E-state index is 11.5. The molecule has 0 aliphatic heterocycles. The molecule has 0 radical (unpaired) electrons. The molecule has 0 bridgehead atoms. The first-order valence-corrected chi connectivity index (χ1v) is 6.31. The Kier molecular flexibility index (Phi) is 8.19. The van der Waals surface area contributed by atoms with E-state index in [4.69, 9.17) is 5.11 Å². The first-order chi connectivity index (χ1) is 8.01. The van der Waals surface area contributed by atoms with Crippen molar-refractivity contribution in [3.63, 3.8) is 0 Å². The molecule has 3 N–H and O–H groups in total. The predicted octanol–water partition coefficient (Wildman–Crippen LogP) is 2.12. The molecule has 2 amide bonds. The summed E-state index contributed by atoms with van der Waals surface area (Å²) in [5, 5.41) is 14.1. The molecule has 0 saturated heterocycles. The number of aliphatic carboxylic acids is 1. The second kappa shape index (κ2) is 8.84. The van der Waals surface area contributed by atoms with Crippen LogP contribution in [0.5, 0.6) is 0 Å². The highest BCUT2D eigenvalue weighted by molar-refractivity contribution is 5.82. The first kappa shape index (κ1) is 15.7.